The lowest BCUT2D eigenvalue weighted by Gasteiger charge is -2.12. The van der Waals surface area contributed by atoms with Crippen LogP contribution in [-0.4, -0.2) is 22.4 Å². The van der Waals surface area contributed by atoms with Crippen LogP contribution in [0, 0.1) is 12.7 Å². The third-order valence-corrected chi connectivity index (χ3v) is 4.48. The predicted octanol–water partition coefficient (Wildman–Crippen LogP) is 4.71. The highest BCUT2D eigenvalue weighted by molar-refractivity contribution is 6.05. The van der Waals surface area contributed by atoms with Gasteiger partial charge < -0.3 is 14.5 Å². The molecule has 6 heteroatoms. The third-order valence-electron chi connectivity index (χ3n) is 4.48. The molecule has 0 bridgehead atoms. The zero-order valence-electron chi connectivity index (χ0n) is 15.4. The Morgan fingerprint density at radius 1 is 1.14 bits per heavy atom. The van der Waals surface area contributed by atoms with Crippen molar-refractivity contribution >= 4 is 17.2 Å². The molecule has 1 amide bonds. The molecule has 0 aliphatic carbocycles. The molecular formula is C22H18FN3O2. The average molecular weight is 375 g/mol. The molecule has 0 atom stereocenters. The number of hydrogen-bond acceptors (Lipinski definition) is 3. The fourth-order valence-corrected chi connectivity index (χ4v) is 3.02. The van der Waals surface area contributed by atoms with Crippen molar-refractivity contribution in [2.75, 3.05) is 12.4 Å². The average Bonchev–Trinajstić information content (AvgIpc) is 3.11. The first kappa shape index (κ1) is 17.7. The number of aryl methyl sites for hydroxylation is 1. The van der Waals surface area contributed by atoms with Crippen LogP contribution < -0.4 is 10.1 Å². The summed E-state index contributed by atoms with van der Waals surface area (Å²) in [4.78, 5) is 17.1. The first-order valence-electron chi connectivity index (χ1n) is 8.75. The molecule has 4 aromatic rings. The van der Waals surface area contributed by atoms with E-state index in [1.165, 1.54) is 19.2 Å². The quantitative estimate of drug-likeness (QED) is 0.562. The van der Waals surface area contributed by atoms with Crippen molar-refractivity contribution in [2.45, 2.75) is 6.92 Å². The summed E-state index contributed by atoms with van der Waals surface area (Å²) in [6, 6.07) is 15.2. The number of methoxy groups -OCH3 is 1. The number of carbonyl (C=O) groups is 1. The number of pyridine rings is 1. The van der Waals surface area contributed by atoms with E-state index >= 15 is 0 Å². The summed E-state index contributed by atoms with van der Waals surface area (Å²) < 4.78 is 21.2. The smallest absolute Gasteiger partial charge is 0.258 e. The number of anilines is 1. The van der Waals surface area contributed by atoms with Crippen molar-refractivity contribution in [3.63, 3.8) is 0 Å². The number of benzene rings is 2. The van der Waals surface area contributed by atoms with Gasteiger partial charge in [0, 0.05) is 18.0 Å². The Kier molecular flexibility index (Phi) is 4.53. The Hall–Kier alpha value is -3.67. The highest BCUT2D eigenvalue weighted by Crippen LogP contribution is 2.31. The number of nitrogens with one attached hydrogen (secondary N) is 1. The van der Waals surface area contributed by atoms with Crippen LogP contribution in [0.5, 0.6) is 5.75 Å². The summed E-state index contributed by atoms with van der Waals surface area (Å²) in [6.45, 7) is 2.01. The van der Waals surface area contributed by atoms with E-state index in [1.807, 2.05) is 41.9 Å². The van der Waals surface area contributed by atoms with Crippen molar-refractivity contribution in [2.24, 2.45) is 0 Å². The Morgan fingerprint density at radius 3 is 2.75 bits per heavy atom. The molecule has 0 aliphatic rings. The summed E-state index contributed by atoms with van der Waals surface area (Å²) in [5.74, 6) is -0.641. The van der Waals surface area contributed by atoms with Gasteiger partial charge in [0.25, 0.3) is 5.91 Å². The minimum Gasteiger partial charge on any atom is -0.495 e. The van der Waals surface area contributed by atoms with E-state index in [1.54, 1.807) is 24.3 Å². The molecule has 0 saturated heterocycles. The molecule has 4 rings (SSSR count). The van der Waals surface area contributed by atoms with E-state index in [9.17, 15) is 9.18 Å². The van der Waals surface area contributed by atoms with Crippen molar-refractivity contribution < 1.29 is 13.9 Å². The van der Waals surface area contributed by atoms with Crippen molar-refractivity contribution in [1.82, 2.24) is 9.38 Å². The van der Waals surface area contributed by atoms with Gasteiger partial charge in [-0.25, -0.2) is 9.37 Å². The van der Waals surface area contributed by atoms with E-state index in [0.29, 0.717) is 11.4 Å². The molecule has 0 unspecified atom stereocenters. The molecule has 0 fully saturated rings. The summed E-state index contributed by atoms with van der Waals surface area (Å²) in [5, 5.41) is 2.73. The van der Waals surface area contributed by atoms with Gasteiger partial charge in [-0.05, 0) is 55.0 Å². The molecule has 28 heavy (non-hydrogen) atoms. The Labute approximate surface area is 161 Å². The maximum atomic E-state index is 13.9. The molecule has 0 radical (unpaired) electrons. The monoisotopic (exact) mass is 375 g/mol. The largest absolute Gasteiger partial charge is 0.495 e. The minimum absolute atomic E-state index is 0.0295. The molecule has 140 valence electrons. The second-order valence-corrected chi connectivity index (χ2v) is 6.44. The van der Waals surface area contributed by atoms with Gasteiger partial charge in [0.05, 0.1) is 24.1 Å². The van der Waals surface area contributed by atoms with Crippen LogP contribution in [0.3, 0.4) is 0 Å². The zero-order valence-corrected chi connectivity index (χ0v) is 15.4. The van der Waals surface area contributed by atoms with Gasteiger partial charge in [-0.1, -0.05) is 12.1 Å². The normalized spacial score (nSPS) is 10.8. The van der Waals surface area contributed by atoms with E-state index in [4.69, 9.17) is 4.74 Å². The number of halogens is 1. The molecule has 0 saturated carbocycles. The SMILES string of the molecule is COc1ccc(-c2cn3ccc(C)cc3n2)cc1NC(=O)c1ccccc1F. The fourth-order valence-electron chi connectivity index (χ4n) is 3.02. The summed E-state index contributed by atoms with van der Waals surface area (Å²) in [5.41, 5.74) is 3.94. The molecule has 2 aromatic heterocycles. The lowest BCUT2D eigenvalue weighted by atomic mass is 10.1. The van der Waals surface area contributed by atoms with Gasteiger partial charge in [0.1, 0.15) is 17.2 Å². The fraction of sp³-hybridized carbons (Fsp3) is 0.0909. The number of imidazole rings is 1. The molecule has 1 N–H and O–H groups in total. The second kappa shape index (κ2) is 7.15. The van der Waals surface area contributed by atoms with Crippen molar-refractivity contribution in [3.05, 3.63) is 83.9 Å². The van der Waals surface area contributed by atoms with Crippen LogP contribution in [0.2, 0.25) is 0 Å². The van der Waals surface area contributed by atoms with Gasteiger partial charge in [-0.3, -0.25) is 4.79 Å². The maximum Gasteiger partial charge on any atom is 0.258 e. The van der Waals surface area contributed by atoms with Gasteiger partial charge >= 0.3 is 0 Å². The van der Waals surface area contributed by atoms with Gasteiger partial charge in [0.15, 0.2) is 0 Å². The molecule has 0 spiro atoms. The number of carbonyl (C=O) groups excluding carboxylic acids is 1. The Balaban J connectivity index is 1.71. The van der Waals surface area contributed by atoms with Crippen molar-refractivity contribution in [1.29, 1.82) is 0 Å². The number of ether oxygens (including phenoxy) is 1. The van der Waals surface area contributed by atoms with E-state index in [2.05, 4.69) is 10.3 Å². The van der Waals surface area contributed by atoms with Crippen LogP contribution in [0.1, 0.15) is 15.9 Å². The number of nitrogens with zero attached hydrogens (tertiary/aromatic N) is 2. The first-order valence-corrected chi connectivity index (χ1v) is 8.75. The summed E-state index contributed by atoms with van der Waals surface area (Å²) in [6.07, 6.45) is 3.87. The number of amides is 1. The zero-order chi connectivity index (χ0) is 19.7. The summed E-state index contributed by atoms with van der Waals surface area (Å²) >= 11 is 0. The highest BCUT2D eigenvalue weighted by atomic mass is 19.1. The van der Waals surface area contributed by atoms with E-state index in [-0.39, 0.29) is 5.56 Å². The third kappa shape index (κ3) is 3.32. The second-order valence-electron chi connectivity index (χ2n) is 6.44. The minimum atomic E-state index is -0.578. The number of fused-ring (bicyclic) bond motifs is 1. The Bertz CT molecular complexity index is 1180. The van der Waals surface area contributed by atoms with Gasteiger partial charge in [-0.2, -0.15) is 0 Å². The number of hydrogen-bond donors (Lipinski definition) is 1. The Morgan fingerprint density at radius 2 is 1.96 bits per heavy atom. The number of aromatic nitrogens is 2. The highest BCUT2D eigenvalue weighted by Gasteiger charge is 2.15. The van der Waals surface area contributed by atoms with Crippen LogP contribution in [0.25, 0.3) is 16.9 Å². The molecule has 5 nitrogen and oxygen atoms in total. The first-order chi connectivity index (χ1) is 13.5. The van der Waals surface area contributed by atoms with Crippen LogP contribution in [-0.2, 0) is 0 Å². The lowest BCUT2D eigenvalue weighted by Crippen LogP contribution is -2.14. The lowest BCUT2D eigenvalue weighted by molar-refractivity contribution is 0.102. The van der Waals surface area contributed by atoms with E-state index in [0.717, 1.165) is 22.5 Å². The topological polar surface area (TPSA) is 55.6 Å². The van der Waals surface area contributed by atoms with Crippen molar-refractivity contribution in [3.8, 4) is 17.0 Å². The standard InChI is InChI=1S/C22H18FN3O2/c1-14-9-10-26-13-19(24-21(26)11-14)15-7-8-20(28-2)18(12-15)25-22(27)16-5-3-4-6-17(16)23/h3-13H,1-2H3,(H,25,27). The number of rotatable bonds is 4. The van der Waals surface area contributed by atoms with Crippen LogP contribution in [0.4, 0.5) is 10.1 Å². The predicted molar refractivity (Wildman–Crippen MR) is 106 cm³/mol. The molecule has 2 heterocycles. The summed E-state index contributed by atoms with van der Waals surface area (Å²) in [7, 11) is 1.52. The van der Waals surface area contributed by atoms with E-state index < -0.39 is 11.7 Å². The van der Waals surface area contributed by atoms with Crippen LogP contribution >= 0.6 is 0 Å². The molecule has 2 aromatic carbocycles. The molecular weight excluding hydrogens is 357 g/mol. The van der Waals surface area contributed by atoms with Crippen LogP contribution in [0.15, 0.2) is 67.0 Å². The molecule has 0 aliphatic heterocycles. The van der Waals surface area contributed by atoms with Gasteiger partial charge in [-0.15, -0.1) is 0 Å². The maximum absolute atomic E-state index is 13.9. The van der Waals surface area contributed by atoms with Gasteiger partial charge in [0.2, 0.25) is 0 Å².